The second kappa shape index (κ2) is 5.97. The van der Waals surface area contributed by atoms with Gasteiger partial charge in [-0.15, -0.1) is 11.6 Å². The molecule has 1 atom stereocenters. The van der Waals surface area contributed by atoms with E-state index < -0.39 is 0 Å². The lowest BCUT2D eigenvalue weighted by molar-refractivity contribution is 0.0514. The highest BCUT2D eigenvalue weighted by molar-refractivity contribution is 6.16. The summed E-state index contributed by atoms with van der Waals surface area (Å²) < 4.78 is 9.84. The number of aryl methyl sites for hydroxylation is 2. The van der Waals surface area contributed by atoms with Gasteiger partial charge in [0.2, 0.25) is 0 Å². The van der Waals surface area contributed by atoms with Gasteiger partial charge in [0.15, 0.2) is 5.65 Å². The van der Waals surface area contributed by atoms with Gasteiger partial charge in [0, 0.05) is 25.8 Å². The van der Waals surface area contributed by atoms with Gasteiger partial charge in [0.05, 0.1) is 11.6 Å². The predicted molar refractivity (Wildman–Crippen MR) is 83.7 cm³/mol. The first-order chi connectivity index (χ1) is 10.2. The van der Waals surface area contributed by atoms with Crippen molar-refractivity contribution < 1.29 is 4.74 Å². The van der Waals surface area contributed by atoms with Crippen LogP contribution >= 0.6 is 11.6 Å². The van der Waals surface area contributed by atoms with E-state index in [1.165, 1.54) is 0 Å². The van der Waals surface area contributed by atoms with E-state index in [0.717, 1.165) is 55.3 Å². The Balaban J connectivity index is 2.10. The molecule has 6 heteroatoms. The highest BCUT2D eigenvalue weighted by atomic mass is 35.5. The van der Waals surface area contributed by atoms with Crippen molar-refractivity contribution in [2.75, 3.05) is 13.2 Å². The Labute approximate surface area is 130 Å². The molecular weight excluding hydrogens is 288 g/mol. The summed E-state index contributed by atoms with van der Waals surface area (Å²) >= 11 is 6.15. The molecule has 0 N–H and O–H groups in total. The van der Waals surface area contributed by atoms with Gasteiger partial charge >= 0.3 is 0 Å². The number of ether oxygens (including phenoxy) is 1. The number of aromatic nitrogens is 4. The summed E-state index contributed by atoms with van der Waals surface area (Å²) in [7, 11) is 0. The molecule has 0 spiro atoms. The van der Waals surface area contributed by atoms with Crippen molar-refractivity contribution in [2.45, 2.75) is 52.1 Å². The van der Waals surface area contributed by atoms with E-state index in [2.05, 4.69) is 23.5 Å². The zero-order valence-corrected chi connectivity index (χ0v) is 13.7. The number of rotatable bonds is 4. The lowest BCUT2D eigenvalue weighted by Crippen LogP contribution is -2.25. The molecule has 21 heavy (non-hydrogen) atoms. The van der Waals surface area contributed by atoms with Crippen LogP contribution in [0.25, 0.3) is 11.2 Å². The summed E-state index contributed by atoms with van der Waals surface area (Å²) in [4.78, 5) is 4.73. The Kier molecular flexibility index (Phi) is 4.22. The summed E-state index contributed by atoms with van der Waals surface area (Å²) in [5.74, 6) is 2.00. The van der Waals surface area contributed by atoms with Crippen LogP contribution in [0.2, 0.25) is 0 Å². The number of halogens is 1. The lowest BCUT2D eigenvalue weighted by Gasteiger charge is -2.30. The first-order valence-corrected chi connectivity index (χ1v) is 8.28. The number of hydrogen-bond acceptors (Lipinski definition) is 3. The topological polar surface area (TPSA) is 44.9 Å². The quantitative estimate of drug-likeness (QED) is 0.814. The van der Waals surface area contributed by atoms with Crippen LogP contribution in [0, 0.1) is 12.8 Å². The summed E-state index contributed by atoms with van der Waals surface area (Å²) in [5, 5.41) is 4.60. The summed E-state index contributed by atoms with van der Waals surface area (Å²) in [5.41, 5.74) is 3.09. The molecule has 1 aliphatic rings. The lowest BCUT2D eigenvalue weighted by atomic mass is 9.92. The van der Waals surface area contributed by atoms with Crippen LogP contribution in [0.5, 0.6) is 0 Å². The van der Waals surface area contributed by atoms with E-state index in [9.17, 15) is 0 Å². The summed E-state index contributed by atoms with van der Waals surface area (Å²) in [6.45, 7) is 8.96. The fourth-order valence-corrected chi connectivity index (χ4v) is 3.57. The molecule has 3 heterocycles. The average molecular weight is 311 g/mol. The van der Waals surface area contributed by atoms with Gasteiger partial charge in [-0.1, -0.05) is 0 Å². The maximum absolute atomic E-state index is 6.15. The van der Waals surface area contributed by atoms with Crippen molar-refractivity contribution in [3.05, 3.63) is 11.5 Å². The van der Waals surface area contributed by atoms with Crippen molar-refractivity contribution in [1.29, 1.82) is 0 Å². The third-order valence-corrected chi connectivity index (χ3v) is 4.83. The van der Waals surface area contributed by atoms with Crippen LogP contribution in [0.15, 0.2) is 0 Å². The van der Waals surface area contributed by atoms with Crippen LogP contribution < -0.4 is 0 Å². The van der Waals surface area contributed by atoms with Crippen LogP contribution in [0.3, 0.4) is 0 Å². The first-order valence-electron chi connectivity index (χ1n) is 7.75. The second-order valence-corrected chi connectivity index (χ2v) is 6.06. The van der Waals surface area contributed by atoms with Crippen LogP contribution in [-0.4, -0.2) is 32.5 Å². The molecule has 1 unspecified atom stereocenters. The van der Waals surface area contributed by atoms with Crippen LogP contribution in [0.4, 0.5) is 0 Å². The Morgan fingerprint density at radius 3 is 2.71 bits per heavy atom. The standard InChI is InChI=1S/C15H23ClN4O/c1-4-19-15-14(10(2)18-19)17-13(9-16)20(15)11(3)12-5-7-21-8-6-12/h11-12H,4-9H2,1-3H3. The molecule has 1 fully saturated rings. The Morgan fingerprint density at radius 2 is 2.10 bits per heavy atom. The van der Waals surface area contributed by atoms with Gasteiger partial charge in [-0.25, -0.2) is 9.67 Å². The average Bonchev–Trinajstić information content (AvgIpc) is 3.05. The summed E-state index contributed by atoms with van der Waals surface area (Å²) in [6, 6.07) is 0.369. The van der Waals surface area contributed by atoms with Crippen molar-refractivity contribution in [3.63, 3.8) is 0 Å². The number of fused-ring (bicyclic) bond motifs is 1. The molecular formula is C15H23ClN4O. The minimum Gasteiger partial charge on any atom is -0.381 e. The minimum atomic E-state index is 0.369. The van der Waals surface area contributed by atoms with Crippen molar-refractivity contribution in [2.24, 2.45) is 5.92 Å². The van der Waals surface area contributed by atoms with Gasteiger partial charge in [-0.05, 0) is 39.5 Å². The van der Waals surface area contributed by atoms with Crippen LogP contribution in [-0.2, 0) is 17.2 Å². The third-order valence-electron chi connectivity index (χ3n) is 4.59. The zero-order chi connectivity index (χ0) is 15.0. The molecule has 0 bridgehead atoms. The molecule has 0 saturated carbocycles. The molecule has 0 aliphatic carbocycles. The second-order valence-electron chi connectivity index (χ2n) is 5.80. The Hall–Kier alpha value is -1.07. The minimum absolute atomic E-state index is 0.369. The Bertz CT molecular complexity index is 627. The largest absolute Gasteiger partial charge is 0.381 e. The normalized spacial score (nSPS) is 18.5. The van der Waals surface area contributed by atoms with Gasteiger partial charge in [-0.3, -0.25) is 0 Å². The van der Waals surface area contributed by atoms with Gasteiger partial charge in [-0.2, -0.15) is 5.10 Å². The molecule has 5 nitrogen and oxygen atoms in total. The molecule has 3 rings (SSSR count). The van der Waals surface area contributed by atoms with E-state index in [0.29, 0.717) is 17.8 Å². The van der Waals surface area contributed by atoms with Gasteiger partial charge in [0.25, 0.3) is 0 Å². The fourth-order valence-electron chi connectivity index (χ4n) is 3.39. The monoisotopic (exact) mass is 310 g/mol. The smallest absolute Gasteiger partial charge is 0.159 e. The van der Waals surface area contributed by atoms with E-state index in [1.807, 2.05) is 11.6 Å². The molecule has 116 valence electrons. The molecule has 1 saturated heterocycles. The first kappa shape index (κ1) is 14.9. The van der Waals surface area contributed by atoms with Gasteiger partial charge < -0.3 is 9.30 Å². The Morgan fingerprint density at radius 1 is 1.38 bits per heavy atom. The highest BCUT2D eigenvalue weighted by Crippen LogP contribution is 2.33. The highest BCUT2D eigenvalue weighted by Gasteiger charge is 2.27. The van der Waals surface area contributed by atoms with Crippen LogP contribution in [0.1, 0.15) is 44.2 Å². The van der Waals surface area contributed by atoms with Crippen molar-refractivity contribution in [1.82, 2.24) is 19.3 Å². The maximum atomic E-state index is 6.15. The SMILES string of the molecule is CCn1nc(C)c2nc(CCl)n(C(C)C3CCOCC3)c21. The molecule has 1 aliphatic heterocycles. The molecule has 2 aromatic rings. The third kappa shape index (κ3) is 2.46. The molecule has 2 aromatic heterocycles. The molecule has 0 aromatic carbocycles. The number of alkyl halides is 1. The van der Waals surface area contributed by atoms with E-state index in [4.69, 9.17) is 21.3 Å². The molecule has 0 radical (unpaired) electrons. The van der Waals surface area contributed by atoms with Crippen molar-refractivity contribution in [3.8, 4) is 0 Å². The zero-order valence-electron chi connectivity index (χ0n) is 13.0. The molecule has 0 amide bonds. The van der Waals surface area contributed by atoms with Gasteiger partial charge in [0.1, 0.15) is 11.3 Å². The van der Waals surface area contributed by atoms with E-state index in [-0.39, 0.29) is 0 Å². The number of hydrogen-bond donors (Lipinski definition) is 0. The summed E-state index contributed by atoms with van der Waals surface area (Å²) in [6.07, 6.45) is 2.20. The number of imidazole rings is 1. The number of nitrogens with zero attached hydrogens (tertiary/aromatic N) is 4. The maximum Gasteiger partial charge on any atom is 0.159 e. The predicted octanol–water partition coefficient (Wildman–Crippen LogP) is 3.29. The fraction of sp³-hybridized carbons (Fsp3) is 0.733. The van der Waals surface area contributed by atoms with E-state index in [1.54, 1.807) is 0 Å². The van der Waals surface area contributed by atoms with Crippen molar-refractivity contribution >= 4 is 22.8 Å². The van der Waals surface area contributed by atoms with E-state index >= 15 is 0 Å².